The zero-order chi connectivity index (χ0) is 26.4. The number of benzene rings is 2. The lowest BCUT2D eigenvalue weighted by atomic mass is 9.62. The van der Waals surface area contributed by atoms with Gasteiger partial charge in [-0.05, 0) is 81.0 Å². The van der Waals surface area contributed by atoms with Crippen LogP contribution < -0.4 is 5.73 Å². The van der Waals surface area contributed by atoms with Crippen molar-refractivity contribution in [3.05, 3.63) is 60.1 Å². The van der Waals surface area contributed by atoms with Gasteiger partial charge in [0.25, 0.3) is 0 Å². The van der Waals surface area contributed by atoms with Crippen LogP contribution in [0, 0.1) is 5.92 Å². The molecule has 0 radical (unpaired) electrons. The molecule has 0 aromatic heterocycles. The van der Waals surface area contributed by atoms with Crippen molar-refractivity contribution in [2.75, 3.05) is 6.61 Å². The summed E-state index contributed by atoms with van der Waals surface area (Å²) in [6.45, 7) is 26.9. The van der Waals surface area contributed by atoms with Gasteiger partial charge in [0, 0.05) is 18.1 Å². The van der Waals surface area contributed by atoms with Crippen molar-refractivity contribution in [3.8, 4) is 0 Å². The fraction of sp³-hybridized carbons (Fsp3) is 0.586. The third-order valence-corrected chi connectivity index (χ3v) is 13.3. The van der Waals surface area contributed by atoms with E-state index in [0.29, 0.717) is 6.61 Å². The van der Waals surface area contributed by atoms with E-state index in [1.54, 1.807) is 0 Å². The second-order valence-electron chi connectivity index (χ2n) is 12.9. The smallest absolute Gasteiger partial charge is 0.417 e. The Balaban J connectivity index is 1.98. The molecule has 4 nitrogen and oxygen atoms in total. The highest BCUT2D eigenvalue weighted by atomic mass is 28.4. The highest BCUT2D eigenvalue weighted by molar-refractivity contribution is 6.74. The summed E-state index contributed by atoms with van der Waals surface area (Å²) in [6.07, 6.45) is 0.742. The molecule has 0 saturated carbocycles. The summed E-state index contributed by atoms with van der Waals surface area (Å²) in [7, 11) is -2.42. The summed E-state index contributed by atoms with van der Waals surface area (Å²) in [5, 5.41) is 2.49. The highest BCUT2D eigenvalue weighted by Gasteiger charge is 2.54. The number of hydrogen-bond acceptors (Lipinski definition) is 4. The molecule has 2 aromatic carbocycles. The summed E-state index contributed by atoms with van der Waals surface area (Å²) in [4.78, 5) is 0. The molecule has 2 N–H and O–H groups in total. The molecule has 2 aromatic rings. The van der Waals surface area contributed by atoms with Gasteiger partial charge in [-0.15, -0.1) is 6.58 Å². The lowest BCUT2D eigenvalue weighted by Gasteiger charge is -2.40. The van der Waals surface area contributed by atoms with Gasteiger partial charge in [0.05, 0.1) is 11.2 Å². The molecular formula is C29H46BNO3Si. The summed E-state index contributed by atoms with van der Waals surface area (Å²) in [5.41, 5.74) is 7.68. The maximum absolute atomic E-state index is 7.27. The van der Waals surface area contributed by atoms with E-state index in [0.717, 1.165) is 22.8 Å². The molecule has 2 atom stereocenters. The van der Waals surface area contributed by atoms with Crippen LogP contribution in [0.25, 0.3) is 10.8 Å². The van der Waals surface area contributed by atoms with Gasteiger partial charge in [0.1, 0.15) is 0 Å². The van der Waals surface area contributed by atoms with Gasteiger partial charge in [0.15, 0.2) is 8.32 Å². The molecule has 0 spiro atoms. The SMILES string of the molecule is C=C(B1OC(C)(C)C(C)(C)O1)[C@H](CCO[Si](C)(C)C(C)(C)C)[C@@](C)(N)c1cccc2ccccc12. The minimum Gasteiger partial charge on any atom is -0.417 e. The average molecular weight is 496 g/mol. The first-order valence-electron chi connectivity index (χ1n) is 12.9. The van der Waals surface area contributed by atoms with Gasteiger partial charge in [0.2, 0.25) is 0 Å². The second-order valence-corrected chi connectivity index (χ2v) is 17.7. The molecule has 6 heteroatoms. The third kappa shape index (κ3) is 5.47. The number of rotatable bonds is 8. The van der Waals surface area contributed by atoms with E-state index in [1.165, 1.54) is 5.39 Å². The van der Waals surface area contributed by atoms with E-state index < -0.39 is 32.2 Å². The maximum Gasteiger partial charge on any atom is 0.490 e. The molecule has 0 bridgehead atoms. The van der Waals surface area contributed by atoms with Gasteiger partial charge in [-0.3, -0.25) is 0 Å². The zero-order valence-corrected chi connectivity index (χ0v) is 24.6. The Bertz CT molecular complexity index is 1050. The minimum atomic E-state index is -1.90. The Morgan fingerprint density at radius 2 is 1.54 bits per heavy atom. The van der Waals surface area contributed by atoms with Crippen molar-refractivity contribution in [1.82, 2.24) is 0 Å². The van der Waals surface area contributed by atoms with Gasteiger partial charge < -0.3 is 19.5 Å². The normalized spacial score (nSPS) is 20.6. The predicted molar refractivity (Wildman–Crippen MR) is 152 cm³/mol. The van der Waals surface area contributed by atoms with Crippen molar-refractivity contribution in [2.24, 2.45) is 11.7 Å². The fourth-order valence-corrected chi connectivity index (χ4v) is 5.62. The highest BCUT2D eigenvalue weighted by Crippen LogP contribution is 2.44. The van der Waals surface area contributed by atoms with Crippen molar-refractivity contribution in [2.45, 2.75) is 96.7 Å². The number of fused-ring (bicyclic) bond motifs is 1. The Hall–Kier alpha value is -1.44. The van der Waals surface area contributed by atoms with Crippen molar-refractivity contribution < 1.29 is 13.7 Å². The number of hydrogen-bond donors (Lipinski definition) is 1. The third-order valence-electron chi connectivity index (χ3n) is 8.77. The van der Waals surface area contributed by atoms with Crippen LogP contribution in [0.2, 0.25) is 18.1 Å². The monoisotopic (exact) mass is 495 g/mol. The zero-order valence-electron chi connectivity index (χ0n) is 23.6. The van der Waals surface area contributed by atoms with Gasteiger partial charge in [-0.1, -0.05) is 63.2 Å². The Kier molecular flexibility index (Phi) is 7.60. The van der Waals surface area contributed by atoms with Crippen LogP contribution in [0.15, 0.2) is 54.5 Å². The van der Waals surface area contributed by atoms with Crippen LogP contribution >= 0.6 is 0 Å². The largest absolute Gasteiger partial charge is 0.490 e. The topological polar surface area (TPSA) is 53.7 Å². The fourth-order valence-electron chi connectivity index (χ4n) is 4.56. The molecule has 0 unspecified atom stereocenters. The first kappa shape index (κ1) is 28.1. The molecule has 1 saturated heterocycles. The van der Waals surface area contributed by atoms with Crippen LogP contribution in [-0.2, 0) is 19.3 Å². The minimum absolute atomic E-state index is 0.104. The Morgan fingerprint density at radius 1 is 1.00 bits per heavy atom. The first-order chi connectivity index (χ1) is 15.9. The Morgan fingerprint density at radius 3 is 2.11 bits per heavy atom. The molecule has 0 amide bonds. The van der Waals surface area contributed by atoms with Crippen LogP contribution in [-0.4, -0.2) is 33.2 Å². The van der Waals surface area contributed by atoms with Crippen molar-refractivity contribution >= 4 is 26.2 Å². The molecule has 0 aliphatic carbocycles. The molecule has 1 aliphatic rings. The predicted octanol–water partition coefficient (Wildman–Crippen LogP) is 7.23. The van der Waals surface area contributed by atoms with Gasteiger partial charge in [-0.2, -0.15) is 0 Å². The molecular weight excluding hydrogens is 449 g/mol. The maximum atomic E-state index is 7.27. The molecule has 3 rings (SSSR count). The summed E-state index contributed by atoms with van der Waals surface area (Å²) in [6, 6.07) is 14.8. The van der Waals surface area contributed by atoms with E-state index in [-0.39, 0.29) is 11.0 Å². The summed E-state index contributed by atoms with van der Waals surface area (Å²) < 4.78 is 19.4. The van der Waals surface area contributed by atoms with E-state index in [9.17, 15) is 0 Å². The van der Waals surface area contributed by atoms with E-state index in [4.69, 9.17) is 19.5 Å². The lowest BCUT2D eigenvalue weighted by Crippen LogP contribution is -2.47. The van der Waals surface area contributed by atoms with Crippen LogP contribution in [0.1, 0.15) is 67.4 Å². The van der Waals surface area contributed by atoms with Crippen molar-refractivity contribution in [1.29, 1.82) is 0 Å². The molecule has 35 heavy (non-hydrogen) atoms. The Labute approximate surface area is 214 Å². The standard InChI is InChI=1S/C29H46BNO3Si/c1-21(30-33-27(5,6)28(7,8)34-30)24(19-20-32-35(10,11)26(2,3)4)29(9,31)25-18-14-16-22-15-12-13-17-23(22)25/h12-18,24H,1,19-20,31H2,2-11H3/t24-,29+/m0/s1. The van der Waals surface area contributed by atoms with Crippen LogP contribution in [0.4, 0.5) is 0 Å². The van der Waals surface area contributed by atoms with Crippen LogP contribution in [0.5, 0.6) is 0 Å². The van der Waals surface area contributed by atoms with Crippen LogP contribution in [0.3, 0.4) is 0 Å². The molecule has 1 fully saturated rings. The second kappa shape index (κ2) is 9.46. The number of nitrogens with two attached hydrogens (primary N) is 1. The quantitative estimate of drug-likeness (QED) is 0.393. The molecule has 1 heterocycles. The molecule has 1 aliphatic heterocycles. The average Bonchev–Trinajstić information content (AvgIpc) is 2.96. The summed E-state index contributed by atoms with van der Waals surface area (Å²) >= 11 is 0. The van der Waals surface area contributed by atoms with E-state index in [1.807, 2.05) is 0 Å². The van der Waals surface area contributed by atoms with Gasteiger partial charge >= 0.3 is 7.12 Å². The van der Waals surface area contributed by atoms with Crippen molar-refractivity contribution in [3.63, 3.8) is 0 Å². The van der Waals surface area contributed by atoms with Gasteiger partial charge in [-0.25, -0.2) is 0 Å². The lowest BCUT2D eigenvalue weighted by molar-refractivity contribution is 0.00578. The summed E-state index contributed by atoms with van der Waals surface area (Å²) in [5.74, 6) is -0.104. The first-order valence-corrected chi connectivity index (χ1v) is 15.8. The molecule has 192 valence electrons. The van der Waals surface area contributed by atoms with E-state index in [2.05, 4.69) is 118 Å². The van der Waals surface area contributed by atoms with E-state index >= 15 is 0 Å².